The lowest BCUT2D eigenvalue weighted by Gasteiger charge is -2.25. The molecule has 1 heteroatoms. The summed E-state index contributed by atoms with van der Waals surface area (Å²) in [4.78, 5) is 0. The Morgan fingerprint density at radius 1 is 1.00 bits per heavy atom. The van der Waals surface area contributed by atoms with Gasteiger partial charge in [-0.15, -0.1) is 0 Å². The fraction of sp³-hybridized carbons (Fsp3) is 0.600. The van der Waals surface area contributed by atoms with Crippen molar-refractivity contribution >= 4 is 0 Å². The van der Waals surface area contributed by atoms with E-state index in [4.69, 9.17) is 0 Å². The molecule has 0 aromatic heterocycles. The van der Waals surface area contributed by atoms with Crippen molar-refractivity contribution in [3.8, 4) is 0 Å². The Hall–Kier alpha value is -0.820. The Morgan fingerprint density at radius 3 is 2.19 bits per heavy atom. The molecular weight excluding hydrogens is 194 g/mol. The van der Waals surface area contributed by atoms with E-state index >= 15 is 0 Å². The largest absolute Gasteiger partial charge is 0.311 e. The molecule has 0 spiro atoms. The molecule has 2 atom stereocenters. The van der Waals surface area contributed by atoms with Crippen molar-refractivity contribution in [2.45, 2.75) is 59.5 Å². The van der Waals surface area contributed by atoms with Gasteiger partial charge in [0.25, 0.3) is 0 Å². The summed E-state index contributed by atoms with van der Waals surface area (Å²) in [6.07, 6.45) is 0. The predicted octanol–water partition coefficient (Wildman–Crippen LogP) is 3.79. The van der Waals surface area contributed by atoms with Crippen molar-refractivity contribution in [3.63, 3.8) is 0 Å². The van der Waals surface area contributed by atoms with Crippen LogP contribution in [-0.4, -0.2) is 12.1 Å². The van der Waals surface area contributed by atoms with Gasteiger partial charge in [0.15, 0.2) is 0 Å². The lowest BCUT2D eigenvalue weighted by molar-refractivity contribution is 0.438. The Balaban J connectivity index is 2.87. The number of nitrogens with one attached hydrogen (secondary N) is 1. The zero-order valence-corrected chi connectivity index (χ0v) is 11.5. The van der Waals surface area contributed by atoms with E-state index in [9.17, 15) is 0 Å². The molecule has 0 amide bonds. The molecule has 0 saturated carbocycles. The van der Waals surface area contributed by atoms with Crippen molar-refractivity contribution in [1.29, 1.82) is 0 Å². The lowest BCUT2D eigenvalue weighted by atomic mass is 9.89. The second-order valence-corrected chi connectivity index (χ2v) is 5.19. The Morgan fingerprint density at radius 2 is 1.62 bits per heavy atom. The van der Waals surface area contributed by atoms with Crippen LogP contribution in [0.15, 0.2) is 18.2 Å². The molecule has 1 rings (SSSR count). The maximum absolute atomic E-state index is 3.59. The van der Waals surface area contributed by atoms with Gasteiger partial charge >= 0.3 is 0 Å². The molecule has 0 aliphatic heterocycles. The quantitative estimate of drug-likeness (QED) is 0.812. The maximum atomic E-state index is 3.59. The van der Waals surface area contributed by atoms with Crippen LogP contribution in [0.3, 0.4) is 0 Å². The standard InChI is InChI=1S/C15H25N/c1-10(2)16-14(6)13(5)15-9-7-8-11(3)12(15)4/h7-10,13-14,16H,1-6H3. The molecule has 0 saturated heterocycles. The number of benzene rings is 1. The molecule has 1 aromatic rings. The second-order valence-electron chi connectivity index (χ2n) is 5.19. The van der Waals surface area contributed by atoms with Crippen LogP contribution in [0.1, 0.15) is 50.3 Å². The maximum Gasteiger partial charge on any atom is 0.0107 e. The minimum atomic E-state index is 0.514. The first-order valence-electron chi connectivity index (χ1n) is 6.25. The van der Waals surface area contributed by atoms with E-state index in [1.807, 2.05) is 0 Å². The fourth-order valence-corrected chi connectivity index (χ4v) is 2.21. The number of hydrogen-bond donors (Lipinski definition) is 1. The van der Waals surface area contributed by atoms with Crippen LogP contribution >= 0.6 is 0 Å². The number of rotatable bonds is 4. The van der Waals surface area contributed by atoms with E-state index in [0.717, 1.165) is 0 Å². The van der Waals surface area contributed by atoms with Crippen molar-refractivity contribution in [2.75, 3.05) is 0 Å². The molecule has 16 heavy (non-hydrogen) atoms. The zero-order valence-electron chi connectivity index (χ0n) is 11.5. The van der Waals surface area contributed by atoms with Crippen LogP contribution in [0.5, 0.6) is 0 Å². The van der Waals surface area contributed by atoms with E-state index in [0.29, 0.717) is 18.0 Å². The third kappa shape index (κ3) is 3.08. The average molecular weight is 219 g/mol. The molecule has 1 aromatic carbocycles. The van der Waals surface area contributed by atoms with Gasteiger partial charge in [-0.05, 0) is 43.4 Å². The fourth-order valence-electron chi connectivity index (χ4n) is 2.21. The third-order valence-corrected chi connectivity index (χ3v) is 3.48. The Labute approximate surface area is 100 Å². The van der Waals surface area contributed by atoms with Crippen LogP contribution in [0.2, 0.25) is 0 Å². The predicted molar refractivity (Wildman–Crippen MR) is 72.1 cm³/mol. The first kappa shape index (κ1) is 13.2. The smallest absolute Gasteiger partial charge is 0.0107 e. The van der Waals surface area contributed by atoms with Gasteiger partial charge in [0.05, 0.1) is 0 Å². The van der Waals surface area contributed by atoms with Gasteiger partial charge < -0.3 is 5.32 Å². The van der Waals surface area contributed by atoms with Crippen molar-refractivity contribution < 1.29 is 0 Å². The summed E-state index contributed by atoms with van der Waals surface area (Å²) in [7, 11) is 0. The summed E-state index contributed by atoms with van der Waals surface area (Å²) in [5.41, 5.74) is 4.30. The minimum Gasteiger partial charge on any atom is -0.311 e. The highest BCUT2D eigenvalue weighted by atomic mass is 14.9. The van der Waals surface area contributed by atoms with Crippen LogP contribution < -0.4 is 5.32 Å². The summed E-state index contributed by atoms with van der Waals surface area (Å²) < 4.78 is 0. The Kier molecular flexibility index (Phi) is 4.55. The average Bonchev–Trinajstić information content (AvgIpc) is 2.20. The van der Waals surface area contributed by atoms with Gasteiger partial charge in [-0.25, -0.2) is 0 Å². The first-order valence-corrected chi connectivity index (χ1v) is 6.25. The van der Waals surface area contributed by atoms with Crippen LogP contribution in [0.4, 0.5) is 0 Å². The molecule has 0 bridgehead atoms. The van der Waals surface area contributed by atoms with Gasteiger partial charge in [-0.3, -0.25) is 0 Å². The summed E-state index contributed by atoms with van der Waals surface area (Å²) in [5.74, 6) is 0.558. The topological polar surface area (TPSA) is 12.0 Å². The van der Waals surface area contributed by atoms with Gasteiger partial charge in [-0.1, -0.05) is 39.0 Å². The summed E-state index contributed by atoms with van der Waals surface area (Å²) >= 11 is 0. The van der Waals surface area contributed by atoms with Gasteiger partial charge in [0.1, 0.15) is 0 Å². The second kappa shape index (κ2) is 5.49. The zero-order chi connectivity index (χ0) is 12.3. The van der Waals surface area contributed by atoms with Gasteiger partial charge in [-0.2, -0.15) is 0 Å². The number of aryl methyl sites for hydroxylation is 1. The Bertz CT molecular complexity index is 341. The minimum absolute atomic E-state index is 0.514. The van der Waals surface area contributed by atoms with Crippen LogP contribution in [-0.2, 0) is 0 Å². The van der Waals surface area contributed by atoms with Gasteiger partial charge in [0, 0.05) is 12.1 Å². The monoisotopic (exact) mass is 219 g/mol. The van der Waals surface area contributed by atoms with Crippen LogP contribution in [0.25, 0.3) is 0 Å². The highest BCUT2D eigenvalue weighted by molar-refractivity contribution is 5.36. The van der Waals surface area contributed by atoms with Crippen LogP contribution in [0, 0.1) is 13.8 Å². The molecule has 90 valence electrons. The summed E-state index contributed by atoms with van der Waals surface area (Å²) in [6, 6.07) is 7.66. The van der Waals surface area contributed by atoms with Crippen molar-refractivity contribution in [2.24, 2.45) is 0 Å². The number of hydrogen-bond acceptors (Lipinski definition) is 1. The van der Waals surface area contributed by atoms with Crippen molar-refractivity contribution in [1.82, 2.24) is 5.32 Å². The molecule has 0 heterocycles. The summed E-state index contributed by atoms with van der Waals surface area (Å²) in [6.45, 7) is 13.4. The molecule has 0 radical (unpaired) electrons. The molecule has 2 unspecified atom stereocenters. The third-order valence-electron chi connectivity index (χ3n) is 3.48. The van der Waals surface area contributed by atoms with E-state index in [1.165, 1.54) is 16.7 Å². The molecule has 0 fully saturated rings. The molecule has 1 N–H and O–H groups in total. The lowest BCUT2D eigenvalue weighted by Crippen LogP contribution is -2.36. The molecule has 1 nitrogen and oxygen atoms in total. The van der Waals surface area contributed by atoms with Gasteiger partial charge in [0.2, 0.25) is 0 Å². The van der Waals surface area contributed by atoms with E-state index < -0.39 is 0 Å². The van der Waals surface area contributed by atoms with E-state index in [-0.39, 0.29) is 0 Å². The van der Waals surface area contributed by atoms with E-state index in [2.05, 4.69) is 65.1 Å². The summed E-state index contributed by atoms with van der Waals surface area (Å²) in [5, 5.41) is 3.59. The SMILES string of the molecule is Cc1cccc(C(C)C(C)NC(C)C)c1C. The normalized spacial score (nSPS) is 15.2. The molecule has 0 aliphatic rings. The molecule has 0 aliphatic carbocycles. The molecular formula is C15H25N. The first-order chi connectivity index (χ1) is 7.43. The highest BCUT2D eigenvalue weighted by Crippen LogP contribution is 2.24. The highest BCUT2D eigenvalue weighted by Gasteiger charge is 2.16. The van der Waals surface area contributed by atoms with E-state index in [1.54, 1.807) is 0 Å². The van der Waals surface area contributed by atoms with Crippen molar-refractivity contribution in [3.05, 3.63) is 34.9 Å².